The maximum Gasteiger partial charge on any atom is -0.00160 e. The number of rotatable bonds is 6. The number of halogens is 1. The van der Waals surface area contributed by atoms with Crippen LogP contribution in [-0.2, 0) is 6.42 Å². The fraction of sp³-hybridized carbons (Fsp3) is 0.647. The second kappa shape index (κ2) is 9.39. The van der Waals surface area contributed by atoms with E-state index >= 15 is 0 Å². The van der Waals surface area contributed by atoms with Crippen LogP contribution in [0.3, 0.4) is 0 Å². The second-order valence-corrected chi connectivity index (χ2v) is 5.68. The Morgan fingerprint density at radius 3 is 2.37 bits per heavy atom. The number of benzene rings is 1. The Kier molecular flexibility index (Phi) is 8.16. The summed E-state index contributed by atoms with van der Waals surface area (Å²) in [5, 5.41) is 0. The Hall–Kier alpha value is -0.530. The molecular weight excluding hydrogens is 254 g/mol. The van der Waals surface area contributed by atoms with Gasteiger partial charge in [0.15, 0.2) is 0 Å². The molecule has 1 aliphatic heterocycles. The van der Waals surface area contributed by atoms with Crippen LogP contribution in [0.2, 0.25) is 0 Å². The zero-order valence-electron chi connectivity index (χ0n) is 12.2. The van der Waals surface area contributed by atoms with Gasteiger partial charge in [-0.05, 0) is 56.8 Å². The van der Waals surface area contributed by atoms with Crippen molar-refractivity contribution in [2.24, 2.45) is 5.92 Å². The van der Waals surface area contributed by atoms with Gasteiger partial charge in [0.05, 0.1) is 0 Å². The molecule has 0 N–H and O–H groups in total. The van der Waals surface area contributed by atoms with Gasteiger partial charge in [0.2, 0.25) is 0 Å². The molecule has 19 heavy (non-hydrogen) atoms. The summed E-state index contributed by atoms with van der Waals surface area (Å²) >= 11 is 0. The van der Waals surface area contributed by atoms with Crippen LogP contribution in [-0.4, -0.2) is 24.5 Å². The third-order valence-corrected chi connectivity index (χ3v) is 4.15. The normalized spacial score (nSPS) is 17.1. The molecule has 1 nitrogen and oxygen atoms in total. The molecule has 0 amide bonds. The monoisotopic (exact) mass is 281 g/mol. The number of unbranched alkanes of at least 4 members (excludes halogenated alkanes) is 2. The van der Waals surface area contributed by atoms with Crippen molar-refractivity contribution in [2.75, 3.05) is 19.6 Å². The number of hydrogen-bond donors (Lipinski definition) is 0. The predicted molar refractivity (Wildman–Crippen MR) is 86.1 cm³/mol. The highest BCUT2D eigenvalue weighted by molar-refractivity contribution is 5.85. The molecule has 1 aromatic rings. The van der Waals surface area contributed by atoms with Gasteiger partial charge in [0.25, 0.3) is 0 Å². The van der Waals surface area contributed by atoms with E-state index in [1.807, 2.05) is 0 Å². The summed E-state index contributed by atoms with van der Waals surface area (Å²) < 4.78 is 0. The third kappa shape index (κ3) is 5.97. The van der Waals surface area contributed by atoms with Crippen molar-refractivity contribution >= 4 is 12.4 Å². The lowest BCUT2D eigenvalue weighted by molar-refractivity contribution is 0.181. The number of likely N-dealkylation sites (tertiary alicyclic amines) is 1. The molecule has 1 aromatic carbocycles. The molecular formula is C17H28ClN. The highest BCUT2D eigenvalue weighted by Crippen LogP contribution is 2.21. The maximum atomic E-state index is 2.66. The van der Waals surface area contributed by atoms with E-state index in [1.165, 1.54) is 63.7 Å². The Bertz CT molecular complexity index is 317. The molecule has 1 heterocycles. The summed E-state index contributed by atoms with van der Waals surface area (Å²) in [7, 11) is 0. The van der Waals surface area contributed by atoms with Crippen LogP contribution in [0.15, 0.2) is 30.3 Å². The second-order valence-electron chi connectivity index (χ2n) is 5.68. The van der Waals surface area contributed by atoms with Crippen LogP contribution in [0.25, 0.3) is 0 Å². The lowest BCUT2D eigenvalue weighted by Crippen LogP contribution is -2.35. The summed E-state index contributed by atoms with van der Waals surface area (Å²) in [5.41, 5.74) is 1.52. The van der Waals surface area contributed by atoms with E-state index in [0.717, 1.165) is 5.92 Å². The van der Waals surface area contributed by atoms with Gasteiger partial charge in [0.1, 0.15) is 0 Å². The first-order valence-corrected chi connectivity index (χ1v) is 7.64. The van der Waals surface area contributed by atoms with E-state index in [4.69, 9.17) is 0 Å². The van der Waals surface area contributed by atoms with Gasteiger partial charge in [-0.3, -0.25) is 0 Å². The summed E-state index contributed by atoms with van der Waals surface area (Å²) in [6.45, 7) is 6.25. The Labute approximate surface area is 124 Å². The van der Waals surface area contributed by atoms with Crippen LogP contribution in [0, 0.1) is 5.92 Å². The number of hydrogen-bond acceptors (Lipinski definition) is 1. The molecule has 0 unspecified atom stereocenters. The largest absolute Gasteiger partial charge is 0.303 e. The molecule has 0 aromatic heterocycles. The zero-order chi connectivity index (χ0) is 12.6. The summed E-state index contributed by atoms with van der Waals surface area (Å²) in [5.74, 6) is 0.912. The van der Waals surface area contributed by atoms with Gasteiger partial charge in [-0.2, -0.15) is 0 Å². The number of piperidine rings is 1. The van der Waals surface area contributed by atoms with Gasteiger partial charge >= 0.3 is 0 Å². The SMILES string of the molecule is CCCCCN1CCC(Cc2ccccc2)CC1.Cl. The smallest absolute Gasteiger partial charge is 0.00160 e. The van der Waals surface area contributed by atoms with Crippen LogP contribution >= 0.6 is 12.4 Å². The van der Waals surface area contributed by atoms with E-state index in [1.54, 1.807) is 0 Å². The van der Waals surface area contributed by atoms with Crippen molar-refractivity contribution in [3.05, 3.63) is 35.9 Å². The van der Waals surface area contributed by atoms with Crippen LogP contribution in [0.4, 0.5) is 0 Å². The summed E-state index contributed by atoms with van der Waals surface area (Å²) in [6.07, 6.45) is 8.18. The Morgan fingerprint density at radius 1 is 1.05 bits per heavy atom. The van der Waals surface area contributed by atoms with Crippen LogP contribution < -0.4 is 0 Å². The highest BCUT2D eigenvalue weighted by Gasteiger charge is 2.18. The lowest BCUT2D eigenvalue weighted by Gasteiger charge is -2.32. The molecule has 2 heteroatoms. The first kappa shape index (κ1) is 16.5. The van der Waals surface area contributed by atoms with Crippen molar-refractivity contribution in [3.63, 3.8) is 0 Å². The van der Waals surface area contributed by atoms with Crippen molar-refractivity contribution in [1.29, 1.82) is 0 Å². The molecule has 1 fully saturated rings. The lowest BCUT2D eigenvalue weighted by atomic mass is 9.90. The van der Waals surface area contributed by atoms with E-state index in [0.29, 0.717) is 0 Å². The van der Waals surface area contributed by atoms with E-state index < -0.39 is 0 Å². The van der Waals surface area contributed by atoms with Gasteiger partial charge in [-0.1, -0.05) is 50.1 Å². The van der Waals surface area contributed by atoms with E-state index in [9.17, 15) is 0 Å². The van der Waals surface area contributed by atoms with Gasteiger partial charge < -0.3 is 4.90 Å². The topological polar surface area (TPSA) is 3.24 Å². The molecule has 2 rings (SSSR count). The van der Waals surface area contributed by atoms with Crippen molar-refractivity contribution < 1.29 is 0 Å². The Morgan fingerprint density at radius 2 is 1.74 bits per heavy atom. The molecule has 108 valence electrons. The van der Waals surface area contributed by atoms with E-state index in [2.05, 4.69) is 42.2 Å². The summed E-state index contributed by atoms with van der Waals surface area (Å²) in [6, 6.07) is 11.0. The molecule has 0 aliphatic carbocycles. The van der Waals surface area contributed by atoms with Gasteiger partial charge in [0, 0.05) is 0 Å². The maximum absolute atomic E-state index is 2.66. The first-order valence-electron chi connectivity index (χ1n) is 7.64. The first-order chi connectivity index (χ1) is 8.88. The van der Waals surface area contributed by atoms with Crippen LogP contribution in [0.5, 0.6) is 0 Å². The Balaban J connectivity index is 0.00000180. The average Bonchev–Trinajstić information content (AvgIpc) is 2.42. The molecule has 1 saturated heterocycles. The average molecular weight is 282 g/mol. The van der Waals surface area contributed by atoms with Crippen molar-refractivity contribution in [1.82, 2.24) is 4.90 Å². The highest BCUT2D eigenvalue weighted by atomic mass is 35.5. The van der Waals surface area contributed by atoms with Crippen molar-refractivity contribution in [3.8, 4) is 0 Å². The third-order valence-electron chi connectivity index (χ3n) is 4.15. The summed E-state index contributed by atoms with van der Waals surface area (Å²) in [4.78, 5) is 2.66. The molecule has 0 spiro atoms. The van der Waals surface area contributed by atoms with Crippen molar-refractivity contribution in [2.45, 2.75) is 45.4 Å². The predicted octanol–water partition coefficient (Wildman–Crippen LogP) is 4.55. The minimum atomic E-state index is 0. The molecule has 0 radical (unpaired) electrons. The fourth-order valence-corrected chi connectivity index (χ4v) is 2.95. The quantitative estimate of drug-likeness (QED) is 0.691. The molecule has 0 atom stereocenters. The molecule has 0 bridgehead atoms. The van der Waals surface area contributed by atoms with E-state index in [-0.39, 0.29) is 12.4 Å². The van der Waals surface area contributed by atoms with Gasteiger partial charge in [-0.25, -0.2) is 0 Å². The number of nitrogens with zero attached hydrogens (tertiary/aromatic N) is 1. The van der Waals surface area contributed by atoms with Gasteiger partial charge in [-0.15, -0.1) is 12.4 Å². The fourth-order valence-electron chi connectivity index (χ4n) is 2.95. The minimum Gasteiger partial charge on any atom is -0.303 e. The molecule has 0 saturated carbocycles. The van der Waals surface area contributed by atoms with Crippen LogP contribution in [0.1, 0.15) is 44.6 Å². The zero-order valence-corrected chi connectivity index (χ0v) is 13.0. The minimum absolute atomic E-state index is 0. The molecule has 1 aliphatic rings. The standard InChI is InChI=1S/C17H27N.ClH/c1-2-3-7-12-18-13-10-17(11-14-18)15-16-8-5-4-6-9-16;/h4-6,8-9,17H,2-3,7,10-15H2,1H3;1H.